The van der Waals surface area contributed by atoms with Gasteiger partial charge in [0.15, 0.2) is 5.71 Å². The second-order valence-corrected chi connectivity index (χ2v) is 10.3. The molecule has 0 radical (unpaired) electrons. The molecule has 0 aliphatic carbocycles. The first-order valence-corrected chi connectivity index (χ1v) is 11.9. The Kier molecular flexibility index (Phi) is 7.14. The van der Waals surface area contributed by atoms with Gasteiger partial charge < -0.3 is 15.7 Å². The molecule has 30 heavy (non-hydrogen) atoms. The van der Waals surface area contributed by atoms with E-state index >= 15 is 0 Å². The summed E-state index contributed by atoms with van der Waals surface area (Å²) in [6.07, 6.45) is 0.968. The van der Waals surface area contributed by atoms with E-state index in [1.165, 1.54) is 21.3 Å². The number of carboxylic acid groups (broad SMARTS) is 1. The molecule has 0 amide bonds. The number of nitrogens with zero attached hydrogens (tertiary/aromatic N) is 2. The molecule has 0 saturated carbocycles. The number of benzene rings is 1. The molecule has 0 bridgehead atoms. The summed E-state index contributed by atoms with van der Waals surface area (Å²) >= 11 is 7.69. The van der Waals surface area contributed by atoms with Gasteiger partial charge >= 0.3 is 5.97 Å². The van der Waals surface area contributed by atoms with E-state index in [-0.39, 0.29) is 35.1 Å². The van der Waals surface area contributed by atoms with Crippen molar-refractivity contribution in [3.05, 3.63) is 51.7 Å². The number of halogens is 1. The molecule has 162 valence electrons. The molecule has 0 unspecified atom stereocenters. The van der Waals surface area contributed by atoms with E-state index in [9.17, 15) is 13.2 Å². The fourth-order valence-corrected chi connectivity index (χ4v) is 5.78. The predicted octanol–water partition coefficient (Wildman–Crippen LogP) is 2.93. The molecule has 0 atom stereocenters. The van der Waals surface area contributed by atoms with Crippen LogP contribution in [0.1, 0.15) is 24.1 Å². The normalized spacial score (nSPS) is 18.3. The van der Waals surface area contributed by atoms with Crippen molar-refractivity contribution < 1.29 is 23.2 Å². The molecule has 11 heteroatoms. The quantitative estimate of drug-likeness (QED) is 0.706. The van der Waals surface area contributed by atoms with Gasteiger partial charge in [0.2, 0.25) is 10.0 Å². The van der Waals surface area contributed by atoms with E-state index < -0.39 is 21.6 Å². The van der Waals surface area contributed by atoms with Crippen LogP contribution in [0.3, 0.4) is 0 Å². The van der Waals surface area contributed by atoms with Crippen molar-refractivity contribution >= 4 is 44.6 Å². The highest BCUT2D eigenvalue weighted by molar-refractivity contribution is 7.89. The minimum atomic E-state index is -3.68. The summed E-state index contributed by atoms with van der Waals surface area (Å²) in [7, 11) is -3.68. The maximum atomic E-state index is 12.7. The van der Waals surface area contributed by atoms with E-state index in [4.69, 9.17) is 27.3 Å². The van der Waals surface area contributed by atoms with Gasteiger partial charge in [-0.25, -0.2) is 13.2 Å². The summed E-state index contributed by atoms with van der Waals surface area (Å²) in [4.78, 5) is 17.6. The molecule has 2 aliphatic heterocycles. The summed E-state index contributed by atoms with van der Waals surface area (Å²) < 4.78 is 26.7. The molecule has 1 spiro atoms. The fourth-order valence-electron chi connectivity index (χ4n) is 3.26. The third-order valence-corrected chi connectivity index (χ3v) is 8.25. The zero-order valence-corrected chi connectivity index (χ0v) is 18.4. The van der Waals surface area contributed by atoms with Crippen molar-refractivity contribution in [1.82, 2.24) is 4.31 Å². The number of sulfonamides is 1. The lowest BCUT2D eigenvalue weighted by atomic mass is 9.88. The fraction of sp³-hybridized carbons (Fsp3) is 0.368. The number of nitrogens with two attached hydrogens (primary N) is 1. The lowest BCUT2D eigenvalue weighted by Crippen LogP contribution is -2.47. The molecule has 1 saturated heterocycles. The largest absolute Gasteiger partial charge is 0.477 e. The molecule has 1 aromatic carbocycles. The Morgan fingerprint density at radius 3 is 2.47 bits per heavy atom. The molecule has 2 aliphatic rings. The Labute approximate surface area is 183 Å². The van der Waals surface area contributed by atoms with Crippen LogP contribution >= 0.6 is 22.9 Å². The second kappa shape index (κ2) is 9.44. The molecule has 1 aromatic heterocycles. The first-order chi connectivity index (χ1) is 14.3. The highest BCUT2D eigenvalue weighted by Gasteiger charge is 2.46. The van der Waals surface area contributed by atoms with Crippen molar-refractivity contribution in [3.63, 3.8) is 0 Å². The number of piperidine rings is 1. The van der Waals surface area contributed by atoms with Crippen LogP contribution in [0, 0.1) is 0 Å². The molecule has 3 heterocycles. The van der Waals surface area contributed by atoms with Crippen LogP contribution in [0.5, 0.6) is 0 Å². The van der Waals surface area contributed by atoms with E-state index in [1.54, 1.807) is 23.5 Å². The van der Waals surface area contributed by atoms with Gasteiger partial charge in [-0.1, -0.05) is 35.0 Å². The molecular formula is C19H22ClN3O5S2. The Morgan fingerprint density at radius 2 is 1.97 bits per heavy atom. The number of aliphatic carboxylic acids is 1. The van der Waals surface area contributed by atoms with Crippen LogP contribution in [0.15, 0.2) is 51.8 Å². The smallest absolute Gasteiger partial charge is 0.353 e. The Bertz CT molecular complexity index is 1020. The zero-order chi connectivity index (χ0) is 21.8. The topological polar surface area (TPSA) is 122 Å². The van der Waals surface area contributed by atoms with E-state index in [0.717, 1.165) is 0 Å². The van der Waals surface area contributed by atoms with E-state index in [2.05, 4.69) is 5.16 Å². The molecule has 8 nitrogen and oxygen atoms in total. The van der Waals surface area contributed by atoms with Gasteiger partial charge in [-0.15, -0.1) is 11.3 Å². The number of hydrogen-bond acceptors (Lipinski definition) is 7. The van der Waals surface area contributed by atoms with Crippen LogP contribution in [-0.2, 0) is 26.2 Å². The van der Waals surface area contributed by atoms with Gasteiger partial charge in [0.25, 0.3) is 0 Å². The average molecular weight is 472 g/mol. The predicted molar refractivity (Wildman–Crippen MR) is 115 cm³/mol. The van der Waals surface area contributed by atoms with E-state index in [0.29, 0.717) is 19.4 Å². The summed E-state index contributed by atoms with van der Waals surface area (Å²) in [6.45, 7) is 1.14. The lowest BCUT2D eigenvalue weighted by molar-refractivity contribution is -0.129. The number of oxime groups is 1. The highest BCUT2D eigenvalue weighted by atomic mass is 35.5. The molecule has 3 N–H and O–H groups in total. The molecule has 2 aromatic rings. The SMILES string of the molecule is NCc1cccs1.O=C(O)C1=NOC2(CCN(S(=O)(=O)c3ccccc3Cl)CC2)C1. The second-order valence-electron chi connectivity index (χ2n) is 6.91. The van der Waals surface area contributed by atoms with Gasteiger partial charge in [-0.2, -0.15) is 4.31 Å². The minimum Gasteiger partial charge on any atom is -0.477 e. The average Bonchev–Trinajstić information content (AvgIpc) is 3.39. The standard InChI is InChI=1S/C14H15ClN2O5S.C5H7NS/c15-10-3-1-2-4-12(10)23(20,21)17-7-5-14(6-8-17)9-11(13(18)19)16-22-14;6-4-5-2-1-3-7-5/h1-4H,5-9H2,(H,18,19);1-3H,4,6H2. The zero-order valence-electron chi connectivity index (χ0n) is 16.0. The Balaban J connectivity index is 0.000000310. The number of thiophene rings is 1. The summed E-state index contributed by atoms with van der Waals surface area (Å²) in [5.41, 5.74) is 4.58. The van der Waals surface area contributed by atoms with Crippen LogP contribution in [0.2, 0.25) is 5.02 Å². The van der Waals surface area contributed by atoms with E-state index in [1.807, 2.05) is 17.5 Å². The molecular weight excluding hydrogens is 450 g/mol. The summed E-state index contributed by atoms with van der Waals surface area (Å²) in [6, 6.07) is 10.3. The number of carbonyl (C=O) groups is 1. The van der Waals surface area contributed by atoms with Gasteiger partial charge in [-0.05, 0) is 23.6 Å². The van der Waals surface area contributed by atoms with Crippen molar-refractivity contribution in [1.29, 1.82) is 0 Å². The number of carboxylic acids is 1. The van der Waals surface area contributed by atoms with Crippen molar-refractivity contribution in [2.75, 3.05) is 13.1 Å². The third-order valence-electron chi connectivity index (χ3n) is 4.96. The Hall–Kier alpha value is -1.98. The first kappa shape index (κ1) is 22.7. The van der Waals surface area contributed by atoms with Crippen LogP contribution in [-0.4, -0.2) is 48.2 Å². The van der Waals surface area contributed by atoms with Gasteiger partial charge in [-0.3, -0.25) is 0 Å². The maximum absolute atomic E-state index is 12.7. The first-order valence-electron chi connectivity index (χ1n) is 9.23. The lowest BCUT2D eigenvalue weighted by Gasteiger charge is -2.36. The van der Waals surface area contributed by atoms with Gasteiger partial charge in [0.1, 0.15) is 10.5 Å². The monoisotopic (exact) mass is 471 g/mol. The third kappa shape index (κ3) is 5.01. The number of rotatable bonds is 4. The summed E-state index contributed by atoms with van der Waals surface area (Å²) in [5, 5.41) is 14.8. The van der Waals surface area contributed by atoms with Crippen molar-refractivity contribution in [2.24, 2.45) is 10.9 Å². The van der Waals surface area contributed by atoms with Crippen molar-refractivity contribution in [3.8, 4) is 0 Å². The molecule has 1 fully saturated rings. The van der Waals surface area contributed by atoms with Crippen LogP contribution < -0.4 is 5.73 Å². The molecule has 4 rings (SSSR count). The van der Waals surface area contributed by atoms with Gasteiger partial charge in [0.05, 0.1) is 5.02 Å². The minimum absolute atomic E-state index is 0.0209. The van der Waals surface area contributed by atoms with Gasteiger partial charge in [0, 0.05) is 43.8 Å². The summed E-state index contributed by atoms with van der Waals surface area (Å²) in [5.74, 6) is -1.10. The Morgan fingerprint density at radius 1 is 1.27 bits per heavy atom. The van der Waals surface area contributed by atoms with Crippen LogP contribution in [0.25, 0.3) is 0 Å². The maximum Gasteiger partial charge on any atom is 0.353 e. The van der Waals surface area contributed by atoms with Crippen molar-refractivity contribution in [2.45, 2.75) is 36.3 Å². The number of hydrogen-bond donors (Lipinski definition) is 2. The highest BCUT2D eigenvalue weighted by Crippen LogP contribution is 2.37. The van der Waals surface area contributed by atoms with Crippen LogP contribution in [0.4, 0.5) is 0 Å².